The molecular weight excluding hydrogens is 328 g/mol. The van der Waals surface area contributed by atoms with Crippen LogP contribution in [0.4, 0.5) is 0 Å². The number of hydrogen-bond acceptors (Lipinski definition) is 4. The average molecular weight is 354 g/mol. The van der Waals surface area contributed by atoms with Crippen molar-refractivity contribution in [1.29, 1.82) is 0 Å². The number of carbonyl (C=O) groups excluding carboxylic acids is 1. The second-order valence-electron chi connectivity index (χ2n) is 7.52. The topological polar surface area (TPSA) is 65.6 Å². The molecule has 1 aromatic heterocycles. The number of hydrogen-bond donors (Lipinski definition) is 2. The largest absolute Gasteiger partial charge is 0.469 e. The number of piperidine rings is 1. The van der Waals surface area contributed by atoms with Gasteiger partial charge in [-0.25, -0.2) is 0 Å². The summed E-state index contributed by atoms with van der Waals surface area (Å²) < 4.78 is 5.17. The molecule has 4 atom stereocenters. The first-order valence-corrected chi connectivity index (χ1v) is 9.25. The minimum atomic E-state index is -0.617. The fourth-order valence-corrected chi connectivity index (χ4v) is 4.93. The highest BCUT2D eigenvalue weighted by molar-refractivity contribution is 5.85. The number of allylic oxidation sites excluding steroid dienone is 1. The molecule has 4 rings (SSSR count). The lowest BCUT2D eigenvalue weighted by Crippen LogP contribution is -2.53. The summed E-state index contributed by atoms with van der Waals surface area (Å²) in [6.45, 7) is 2.83. The number of benzene rings is 1. The van der Waals surface area contributed by atoms with Gasteiger partial charge < -0.3 is 14.8 Å². The molecule has 5 nitrogen and oxygen atoms in total. The van der Waals surface area contributed by atoms with Crippen molar-refractivity contribution in [3.63, 3.8) is 0 Å². The Kier molecular flexibility index (Phi) is 4.37. The monoisotopic (exact) mass is 354 g/mol. The van der Waals surface area contributed by atoms with Crippen LogP contribution in [0, 0.1) is 11.8 Å². The molecular formula is C21H26N2O3. The third-order valence-corrected chi connectivity index (χ3v) is 6.24. The Hall–Kier alpha value is -2.11. The fraction of sp³-hybridized carbons (Fsp3) is 0.476. The number of aliphatic hydroxyl groups is 1. The van der Waals surface area contributed by atoms with E-state index < -0.39 is 6.10 Å². The number of aliphatic hydroxyl groups excluding tert-OH is 1. The smallest absolute Gasteiger partial charge is 0.310 e. The number of likely N-dealkylation sites (tertiary alicyclic amines) is 1. The van der Waals surface area contributed by atoms with Gasteiger partial charge in [-0.2, -0.15) is 0 Å². The number of rotatable bonds is 1. The van der Waals surface area contributed by atoms with Crippen molar-refractivity contribution in [2.75, 3.05) is 20.7 Å². The lowest BCUT2D eigenvalue weighted by Gasteiger charge is -2.46. The summed E-state index contributed by atoms with van der Waals surface area (Å²) in [7, 11) is 3.53. The van der Waals surface area contributed by atoms with Crippen LogP contribution in [0.2, 0.25) is 0 Å². The van der Waals surface area contributed by atoms with Crippen LogP contribution in [0.25, 0.3) is 10.9 Å². The zero-order chi connectivity index (χ0) is 18.4. The number of esters is 1. The van der Waals surface area contributed by atoms with Gasteiger partial charge >= 0.3 is 5.97 Å². The molecule has 2 aromatic rings. The summed E-state index contributed by atoms with van der Waals surface area (Å²) in [5, 5.41) is 12.1. The first kappa shape index (κ1) is 17.3. The fourth-order valence-electron chi connectivity index (χ4n) is 4.93. The van der Waals surface area contributed by atoms with Crippen LogP contribution >= 0.6 is 0 Å². The third kappa shape index (κ3) is 2.58. The number of likely N-dealkylation sites (N-methyl/N-ethyl adjacent to an activating group) is 1. The predicted molar refractivity (Wildman–Crippen MR) is 101 cm³/mol. The van der Waals surface area contributed by atoms with E-state index in [1.165, 1.54) is 12.7 Å². The molecule has 1 saturated heterocycles. The van der Waals surface area contributed by atoms with Crippen LogP contribution in [0.3, 0.4) is 0 Å². The lowest BCUT2D eigenvalue weighted by molar-refractivity contribution is -0.151. The first-order valence-electron chi connectivity index (χ1n) is 9.25. The highest BCUT2D eigenvalue weighted by Crippen LogP contribution is 2.44. The van der Waals surface area contributed by atoms with Gasteiger partial charge in [-0.15, -0.1) is 0 Å². The third-order valence-electron chi connectivity index (χ3n) is 6.24. The quantitative estimate of drug-likeness (QED) is 0.610. The van der Waals surface area contributed by atoms with Crippen molar-refractivity contribution in [1.82, 2.24) is 9.88 Å². The molecule has 0 spiro atoms. The molecule has 1 aliphatic carbocycles. The van der Waals surface area contributed by atoms with Gasteiger partial charge in [0.1, 0.15) is 0 Å². The number of carbonyl (C=O) groups is 1. The minimum absolute atomic E-state index is 0.00297. The summed E-state index contributed by atoms with van der Waals surface area (Å²) >= 11 is 0. The Bertz CT molecular complexity index is 869. The first-order chi connectivity index (χ1) is 12.5. The van der Waals surface area contributed by atoms with E-state index in [4.69, 9.17) is 4.74 Å². The molecule has 0 amide bonds. The highest BCUT2D eigenvalue weighted by atomic mass is 16.5. The molecule has 2 bridgehead atoms. The number of para-hydroxylation sites is 1. The van der Waals surface area contributed by atoms with E-state index >= 15 is 0 Å². The maximum atomic E-state index is 12.7. The summed E-state index contributed by atoms with van der Waals surface area (Å²) in [4.78, 5) is 18.4. The molecule has 2 heterocycles. The lowest BCUT2D eigenvalue weighted by atomic mass is 9.70. The number of nitrogens with one attached hydrogen (secondary N) is 1. The molecule has 0 radical (unpaired) electrons. The zero-order valence-electron chi connectivity index (χ0n) is 15.5. The van der Waals surface area contributed by atoms with Crippen LogP contribution in [0.5, 0.6) is 0 Å². The average Bonchev–Trinajstić information content (AvgIpc) is 3.01. The van der Waals surface area contributed by atoms with E-state index in [1.807, 2.05) is 25.1 Å². The number of aromatic nitrogens is 1. The van der Waals surface area contributed by atoms with E-state index in [2.05, 4.69) is 29.1 Å². The molecule has 1 aliphatic heterocycles. The molecule has 0 saturated carbocycles. The van der Waals surface area contributed by atoms with Gasteiger partial charge in [0.25, 0.3) is 0 Å². The Morgan fingerprint density at radius 1 is 1.38 bits per heavy atom. The van der Waals surface area contributed by atoms with Crippen molar-refractivity contribution >= 4 is 16.9 Å². The second-order valence-corrected chi connectivity index (χ2v) is 7.52. The van der Waals surface area contributed by atoms with E-state index in [-0.39, 0.29) is 23.8 Å². The van der Waals surface area contributed by atoms with Gasteiger partial charge in [0.05, 0.1) is 19.1 Å². The maximum absolute atomic E-state index is 12.7. The van der Waals surface area contributed by atoms with Crippen LogP contribution in [-0.2, 0) is 16.0 Å². The van der Waals surface area contributed by atoms with Gasteiger partial charge in [0, 0.05) is 29.2 Å². The SMILES string of the molecule is CC=C1CN(C)C2Cc3c([nH]c4ccccc34)C(O)CC1C2C(=O)OC. The Labute approximate surface area is 153 Å². The van der Waals surface area contributed by atoms with Gasteiger partial charge in [-0.05, 0) is 44.4 Å². The molecule has 1 fully saturated rings. The van der Waals surface area contributed by atoms with Crippen molar-refractivity contribution in [3.8, 4) is 0 Å². The van der Waals surface area contributed by atoms with Crippen molar-refractivity contribution in [3.05, 3.63) is 47.2 Å². The summed E-state index contributed by atoms with van der Waals surface area (Å²) in [6, 6.07) is 8.20. The number of H-pyrrole nitrogens is 1. The predicted octanol–water partition coefficient (Wildman–Crippen LogP) is 2.81. The molecule has 4 unspecified atom stereocenters. The van der Waals surface area contributed by atoms with Crippen LogP contribution in [0.1, 0.15) is 30.7 Å². The Balaban J connectivity index is 1.89. The molecule has 2 aliphatic rings. The van der Waals surface area contributed by atoms with E-state index in [0.717, 1.165) is 35.1 Å². The number of methoxy groups -OCH3 is 1. The highest BCUT2D eigenvalue weighted by Gasteiger charge is 2.46. The standard InChI is InChI=1S/C21H26N2O3/c1-4-12-11-23(2)17-9-15-13-7-5-6-8-16(13)22-20(15)18(24)10-14(12)19(17)21(25)26-3/h4-8,14,17-19,22,24H,9-11H2,1-3H3. The van der Waals surface area contributed by atoms with Crippen LogP contribution < -0.4 is 0 Å². The van der Waals surface area contributed by atoms with Gasteiger partial charge in [0.15, 0.2) is 0 Å². The van der Waals surface area contributed by atoms with E-state index in [0.29, 0.717) is 6.42 Å². The Morgan fingerprint density at radius 2 is 2.15 bits per heavy atom. The molecule has 5 heteroatoms. The van der Waals surface area contributed by atoms with Crippen LogP contribution in [-0.4, -0.2) is 47.7 Å². The summed E-state index contributed by atoms with van der Waals surface area (Å²) in [5.41, 5.74) is 4.27. The van der Waals surface area contributed by atoms with Gasteiger partial charge in [-0.3, -0.25) is 9.69 Å². The molecule has 26 heavy (non-hydrogen) atoms. The van der Waals surface area contributed by atoms with Gasteiger partial charge in [-0.1, -0.05) is 29.8 Å². The Morgan fingerprint density at radius 3 is 2.88 bits per heavy atom. The normalized spacial score (nSPS) is 30.7. The number of aromatic amines is 1. The zero-order valence-corrected chi connectivity index (χ0v) is 15.5. The van der Waals surface area contributed by atoms with E-state index in [1.54, 1.807) is 0 Å². The number of nitrogens with zero attached hydrogens (tertiary/aromatic N) is 1. The molecule has 2 N–H and O–H groups in total. The van der Waals surface area contributed by atoms with Crippen molar-refractivity contribution < 1.29 is 14.6 Å². The van der Waals surface area contributed by atoms with Gasteiger partial charge in [0.2, 0.25) is 0 Å². The molecule has 1 aromatic carbocycles. The second kappa shape index (κ2) is 6.56. The minimum Gasteiger partial charge on any atom is -0.469 e. The number of ether oxygens (including phenoxy) is 1. The molecule has 138 valence electrons. The van der Waals surface area contributed by atoms with Crippen molar-refractivity contribution in [2.45, 2.75) is 31.9 Å². The summed E-state index contributed by atoms with van der Waals surface area (Å²) in [6.07, 6.45) is 2.73. The van der Waals surface area contributed by atoms with E-state index in [9.17, 15) is 9.90 Å². The maximum Gasteiger partial charge on any atom is 0.310 e. The summed E-state index contributed by atoms with van der Waals surface area (Å²) in [5.74, 6) is -0.439. The number of fused-ring (bicyclic) bond motifs is 5. The van der Waals surface area contributed by atoms with Crippen LogP contribution in [0.15, 0.2) is 35.9 Å². The van der Waals surface area contributed by atoms with Crippen molar-refractivity contribution in [2.24, 2.45) is 11.8 Å².